The van der Waals surface area contributed by atoms with Crippen LogP contribution in [0.25, 0.3) is 65.4 Å². The second-order valence-electron chi connectivity index (χ2n) is 17.7. The molecule has 0 N–H and O–H groups in total. The van der Waals surface area contributed by atoms with Gasteiger partial charge in [-0.3, -0.25) is 0 Å². The summed E-state index contributed by atoms with van der Waals surface area (Å²) in [4.78, 5) is 7.24. The lowest BCUT2D eigenvalue weighted by atomic mass is 9.95. The van der Waals surface area contributed by atoms with Crippen molar-refractivity contribution in [2.45, 2.75) is 0 Å². The van der Waals surface area contributed by atoms with E-state index in [1.807, 2.05) is 0 Å². The number of anilines is 9. The van der Waals surface area contributed by atoms with Gasteiger partial charge in [0.15, 0.2) is 0 Å². The number of hydrogen-bond donors (Lipinski definition) is 0. The highest BCUT2D eigenvalue weighted by Gasteiger charge is 2.25. The van der Waals surface area contributed by atoms with Crippen LogP contribution in [-0.2, 0) is 0 Å². The minimum Gasteiger partial charge on any atom is -0.455 e. The molecule has 0 saturated heterocycles. The zero-order valence-electron chi connectivity index (χ0n) is 38.2. The van der Waals surface area contributed by atoms with Gasteiger partial charge in [0.05, 0.1) is 28.4 Å². The first kappa shape index (κ1) is 40.9. The predicted octanol–water partition coefficient (Wildman–Crippen LogP) is 19.1. The zero-order chi connectivity index (χ0) is 46.4. The standard InChI is InChI=1S/C66H45N3O/c1-5-22-46(23-6-1)55-33-17-19-37-62(55)69(51-40-41-58-57-34-15-16-35-59(57)66-65(61(58)45-51)60-36-18-20-39-64(60)70-66)54-43-52(67(48-26-7-2-8-27-48)49-28-9-3-10-29-49)42-53(44-54)68(50-30-11-4-12-31-50)63-38-21-25-47-24-13-14-32-56(47)63/h1-45H. The van der Waals surface area contributed by atoms with Gasteiger partial charge in [-0.2, -0.15) is 0 Å². The Morgan fingerprint density at radius 3 is 1.41 bits per heavy atom. The van der Waals surface area contributed by atoms with Crippen LogP contribution in [0.15, 0.2) is 277 Å². The van der Waals surface area contributed by atoms with E-state index in [1.165, 1.54) is 10.8 Å². The molecule has 330 valence electrons. The third kappa shape index (κ3) is 7.10. The number of benzene rings is 12. The number of rotatable bonds is 10. The molecule has 0 saturated carbocycles. The summed E-state index contributed by atoms with van der Waals surface area (Å²) in [6, 6.07) is 98.0. The van der Waals surface area contributed by atoms with Crippen molar-refractivity contribution >= 4 is 105 Å². The number of furan rings is 1. The highest BCUT2D eigenvalue weighted by molar-refractivity contribution is 6.30. The van der Waals surface area contributed by atoms with Crippen molar-refractivity contribution in [2.24, 2.45) is 0 Å². The maximum Gasteiger partial charge on any atom is 0.143 e. The topological polar surface area (TPSA) is 22.9 Å². The monoisotopic (exact) mass is 895 g/mol. The van der Waals surface area contributed by atoms with E-state index in [9.17, 15) is 0 Å². The molecule has 70 heavy (non-hydrogen) atoms. The first-order valence-corrected chi connectivity index (χ1v) is 23.8. The van der Waals surface area contributed by atoms with Gasteiger partial charge in [-0.25, -0.2) is 0 Å². The van der Waals surface area contributed by atoms with E-state index >= 15 is 0 Å². The lowest BCUT2D eigenvalue weighted by Crippen LogP contribution is -2.17. The highest BCUT2D eigenvalue weighted by Crippen LogP contribution is 2.50. The van der Waals surface area contributed by atoms with Gasteiger partial charge >= 0.3 is 0 Å². The number of para-hydroxylation sites is 5. The molecule has 13 rings (SSSR count). The van der Waals surface area contributed by atoms with Crippen molar-refractivity contribution in [1.29, 1.82) is 0 Å². The van der Waals surface area contributed by atoms with Crippen LogP contribution in [0.5, 0.6) is 0 Å². The summed E-state index contributed by atoms with van der Waals surface area (Å²) in [6.07, 6.45) is 0. The molecule has 0 radical (unpaired) electrons. The van der Waals surface area contributed by atoms with Gasteiger partial charge in [0.25, 0.3) is 0 Å². The largest absolute Gasteiger partial charge is 0.455 e. The van der Waals surface area contributed by atoms with Crippen molar-refractivity contribution in [1.82, 2.24) is 0 Å². The third-order valence-electron chi connectivity index (χ3n) is 13.5. The summed E-state index contributed by atoms with van der Waals surface area (Å²) in [5, 5.41) is 9.12. The molecule has 0 atom stereocenters. The van der Waals surface area contributed by atoms with E-state index in [-0.39, 0.29) is 0 Å². The molecule has 0 spiro atoms. The molecule has 0 bridgehead atoms. The summed E-state index contributed by atoms with van der Waals surface area (Å²) < 4.78 is 6.78. The van der Waals surface area contributed by atoms with Crippen molar-refractivity contribution in [3.05, 3.63) is 273 Å². The molecule has 4 nitrogen and oxygen atoms in total. The van der Waals surface area contributed by atoms with Gasteiger partial charge in [0.1, 0.15) is 11.2 Å². The SMILES string of the molecule is c1ccc(-c2ccccc2N(c2cc(N(c3ccccc3)c3ccccc3)cc(N(c3ccccc3)c3cccc4ccccc34)c2)c2ccc3c4ccccc4c4oc5ccccc5c4c3c2)cc1. The molecule has 0 amide bonds. The maximum atomic E-state index is 6.78. The molecule has 13 aromatic rings. The van der Waals surface area contributed by atoms with E-state index in [1.54, 1.807) is 0 Å². The van der Waals surface area contributed by atoms with Gasteiger partial charge in [0.2, 0.25) is 0 Å². The Morgan fingerprint density at radius 1 is 0.257 bits per heavy atom. The molecule has 4 heteroatoms. The quantitative estimate of drug-likeness (QED) is 0.128. The number of nitrogens with zero attached hydrogens (tertiary/aromatic N) is 3. The van der Waals surface area contributed by atoms with Gasteiger partial charge < -0.3 is 19.1 Å². The summed E-state index contributed by atoms with van der Waals surface area (Å²) in [6.45, 7) is 0. The first-order chi connectivity index (χ1) is 34.7. The highest BCUT2D eigenvalue weighted by atomic mass is 16.3. The van der Waals surface area contributed by atoms with Crippen molar-refractivity contribution in [3.63, 3.8) is 0 Å². The Hall–Kier alpha value is -9.38. The number of hydrogen-bond acceptors (Lipinski definition) is 4. The molecular formula is C66H45N3O. The predicted molar refractivity (Wildman–Crippen MR) is 296 cm³/mol. The minimum absolute atomic E-state index is 0.875. The molecule has 0 unspecified atom stereocenters. The van der Waals surface area contributed by atoms with E-state index in [4.69, 9.17) is 4.42 Å². The van der Waals surface area contributed by atoms with Crippen LogP contribution in [0.2, 0.25) is 0 Å². The van der Waals surface area contributed by atoms with E-state index < -0.39 is 0 Å². The molecule has 0 fully saturated rings. The van der Waals surface area contributed by atoms with Crippen LogP contribution in [0.3, 0.4) is 0 Å². The maximum absolute atomic E-state index is 6.78. The summed E-state index contributed by atoms with van der Waals surface area (Å²) in [5.41, 5.74) is 13.3. The smallest absolute Gasteiger partial charge is 0.143 e. The molecule has 12 aromatic carbocycles. The summed E-state index contributed by atoms with van der Waals surface area (Å²) in [5.74, 6) is 0. The van der Waals surface area contributed by atoms with Gasteiger partial charge in [-0.1, -0.05) is 188 Å². The molecule has 1 heterocycles. The molecule has 0 aliphatic carbocycles. The normalized spacial score (nSPS) is 11.4. The fourth-order valence-corrected chi connectivity index (χ4v) is 10.5. The van der Waals surface area contributed by atoms with Crippen molar-refractivity contribution < 1.29 is 4.42 Å². The molecule has 0 aliphatic rings. The van der Waals surface area contributed by atoms with E-state index in [0.29, 0.717) is 0 Å². The average molecular weight is 896 g/mol. The Morgan fingerprint density at radius 2 is 0.729 bits per heavy atom. The molecular weight excluding hydrogens is 851 g/mol. The average Bonchev–Trinajstić information content (AvgIpc) is 3.83. The molecule has 0 aliphatic heterocycles. The van der Waals surface area contributed by atoms with E-state index in [0.717, 1.165) is 106 Å². The second kappa shape index (κ2) is 17.4. The van der Waals surface area contributed by atoms with Gasteiger partial charge in [-0.15, -0.1) is 0 Å². The Balaban J connectivity index is 1.16. The Kier molecular flexibility index (Phi) is 10.1. The van der Waals surface area contributed by atoms with Crippen molar-refractivity contribution in [2.75, 3.05) is 14.7 Å². The Bertz CT molecular complexity index is 3980. The lowest BCUT2D eigenvalue weighted by molar-refractivity contribution is 0.673. The molecule has 1 aromatic heterocycles. The van der Waals surface area contributed by atoms with Crippen LogP contribution in [0.1, 0.15) is 0 Å². The number of fused-ring (bicyclic) bond motifs is 9. The van der Waals surface area contributed by atoms with Crippen LogP contribution < -0.4 is 14.7 Å². The lowest BCUT2D eigenvalue weighted by Gasteiger charge is -2.34. The van der Waals surface area contributed by atoms with Crippen LogP contribution in [0, 0.1) is 0 Å². The van der Waals surface area contributed by atoms with Gasteiger partial charge in [-0.05, 0) is 112 Å². The van der Waals surface area contributed by atoms with Gasteiger partial charge in [0, 0.05) is 49.9 Å². The van der Waals surface area contributed by atoms with Crippen molar-refractivity contribution in [3.8, 4) is 11.1 Å². The zero-order valence-corrected chi connectivity index (χ0v) is 38.2. The second-order valence-corrected chi connectivity index (χ2v) is 17.7. The minimum atomic E-state index is 0.875. The van der Waals surface area contributed by atoms with Crippen LogP contribution in [0.4, 0.5) is 51.2 Å². The third-order valence-corrected chi connectivity index (χ3v) is 13.5. The summed E-state index contributed by atoms with van der Waals surface area (Å²) >= 11 is 0. The summed E-state index contributed by atoms with van der Waals surface area (Å²) in [7, 11) is 0. The first-order valence-electron chi connectivity index (χ1n) is 23.8. The van der Waals surface area contributed by atoms with Crippen LogP contribution in [-0.4, -0.2) is 0 Å². The van der Waals surface area contributed by atoms with Crippen LogP contribution >= 0.6 is 0 Å². The van der Waals surface area contributed by atoms with E-state index in [2.05, 4.69) is 288 Å². The fourth-order valence-electron chi connectivity index (χ4n) is 10.5. The Labute approximate surface area is 406 Å². The fraction of sp³-hybridized carbons (Fsp3) is 0.